The number of ether oxygens (including phenoxy) is 1. The molecule has 0 N–H and O–H groups in total. The SMILES string of the molecule is CC(C)CCOc1ccccc1Cl. The van der Waals surface area contributed by atoms with Crippen LogP contribution in [0.25, 0.3) is 0 Å². The molecule has 1 nitrogen and oxygen atoms in total. The molecule has 0 radical (unpaired) electrons. The predicted molar refractivity (Wildman–Crippen MR) is 56.4 cm³/mol. The molecule has 72 valence electrons. The first kappa shape index (κ1) is 10.4. The van der Waals surface area contributed by atoms with Crippen LogP contribution in [0, 0.1) is 5.92 Å². The summed E-state index contributed by atoms with van der Waals surface area (Å²) in [4.78, 5) is 0. The van der Waals surface area contributed by atoms with Crippen LogP contribution in [0.2, 0.25) is 5.02 Å². The molecule has 0 atom stereocenters. The van der Waals surface area contributed by atoms with Crippen LogP contribution in [-0.2, 0) is 0 Å². The van der Waals surface area contributed by atoms with Gasteiger partial charge in [-0.15, -0.1) is 0 Å². The van der Waals surface area contributed by atoms with Gasteiger partial charge in [-0.3, -0.25) is 0 Å². The van der Waals surface area contributed by atoms with E-state index in [9.17, 15) is 0 Å². The minimum absolute atomic E-state index is 0.669. The van der Waals surface area contributed by atoms with Crippen molar-refractivity contribution < 1.29 is 4.74 Å². The third-order valence-corrected chi connectivity index (χ3v) is 2.10. The summed E-state index contributed by atoms with van der Waals surface area (Å²) < 4.78 is 5.52. The van der Waals surface area contributed by atoms with Crippen LogP contribution in [0.5, 0.6) is 5.75 Å². The van der Waals surface area contributed by atoms with Crippen molar-refractivity contribution in [3.63, 3.8) is 0 Å². The number of para-hydroxylation sites is 1. The maximum absolute atomic E-state index is 5.91. The Hall–Kier alpha value is -0.690. The fraction of sp³-hybridized carbons (Fsp3) is 0.455. The summed E-state index contributed by atoms with van der Waals surface area (Å²) in [5, 5.41) is 0.686. The topological polar surface area (TPSA) is 9.23 Å². The highest BCUT2D eigenvalue weighted by Gasteiger charge is 1.99. The second-order valence-corrected chi connectivity index (χ2v) is 3.87. The summed E-state index contributed by atoms with van der Waals surface area (Å²) in [7, 11) is 0. The zero-order valence-corrected chi connectivity index (χ0v) is 8.84. The molecule has 1 rings (SSSR count). The van der Waals surface area contributed by atoms with Crippen molar-refractivity contribution >= 4 is 11.6 Å². The number of hydrogen-bond donors (Lipinski definition) is 0. The van der Waals surface area contributed by atoms with Gasteiger partial charge in [-0.25, -0.2) is 0 Å². The van der Waals surface area contributed by atoms with E-state index in [1.54, 1.807) is 0 Å². The summed E-state index contributed by atoms with van der Waals surface area (Å²) in [5.41, 5.74) is 0. The van der Waals surface area contributed by atoms with E-state index >= 15 is 0 Å². The summed E-state index contributed by atoms with van der Waals surface area (Å²) in [6.07, 6.45) is 1.06. The van der Waals surface area contributed by atoms with Crippen molar-refractivity contribution in [3.05, 3.63) is 29.3 Å². The first-order valence-electron chi connectivity index (χ1n) is 4.57. The van der Waals surface area contributed by atoms with Gasteiger partial charge in [0.2, 0.25) is 0 Å². The zero-order chi connectivity index (χ0) is 9.68. The average molecular weight is 199 g/mol. The summed E-state index contributed by atoms with van der Waals surface area (Å²) in [6.45, 7) is 5.09. The fourth-order valence-corrected chi connectivity index (χ4v) is 1.16. The zero-order valence-electron chi connectivity index (χ0n) is 8.09. The third kappa shape index (κ3) is 3.69. The molecule has 0 heterocycles. The molecule has 0 aliphatic carbocycles. The molecule has 0 aromatic heterocycles. The molecular weight excluding hydrogens is 184 g/mol. The predicted octanol–water partition coefficient (Wildman–Crippen LogP) is 3.76. The maximum atomic E-state index is 5.91. The van der Waals surface area contributed by atoms with Gasteiger partial charge in [-0.05, 0) is 24.5 Å². The molecule has 13 heavy (non-hydrogen) atoms. The van der Waals surface area contributed by atoms with E-state index in [1.165, 1.54) is 0 Å². The first-order chi connectivity index (χ1) is 6.20. The Morgan fingerprint density at radius 2 is 2.00 bits per heavy atom. The standard InChI is InChI=1S/C11H15ClO/c1-9(2)7-8-13-11-6-4-3-5-10(11)12/h3-6,9H,7-8H2,1-2H3. The van der Waals surface area contributed by atoms with Gasteiger partial charge in [0.05, 0.1) is 11.6 Å². The van der Waals surface area contributed by atoms with E-state index < -0.39 is 0 Å². The molecular formula is C11H15ClO. The quantitative estimate of drug-likeness (QED) is 0.716. The molecule has 0 saturated carbocycles. The number of rotatable bonds is 4. The molecule has 2 heteroatoms. The molecule has 1 aromatic rings. The second kappa shape index (κ2) is 5.13. The van der Waals surface area contributed by atoms with Crippen LogP contribution in [0.1, 0.15) is 20.3 Å². The fourth-order valence-electron chi connectivity index (χ4n) is 0.966. The number of benzene rings is 1. The molecule has 0 bridgehead atoms. The molecule has 0 fully saturated rings. The summed E-state index contributed by atoms with van der Waals surface area (Å²) in [5.74, 6) is 1.45. The molecule has 0 amide bonds. The molecule has 1 aromatic carbocycles. The van der Waals surface area contributed by atoms with E-state index in [0.29, 0.717) is 10.9 Å². The minimum Gasteiger partial charge on any atom is -0.492 e. The van der Waals surface area contributed by atoms with Gasteiger partial charge in [0, 0.05) is 0 Å². The van der Waals surface area contributed by atoms with Crippen molar-refractivity contribution in [3.8, 4) is 5.75 Å². The third-order valence-electron chi connectivity index (χ3n) is 1.79. The molecule has 0 spiro atoms. The van der Waals surface area contributed by atoms with Crippen molar-refractivity contribution in [2.75, 3.05) is 6.61 Å². The molecule has 0 unspecified atom stereocenters. The second-order valence-electron chi connectivity index (χ2n) is 3.46. The molecule has 0 saturated heterocycles. The molecule has 0 aliphatic rings. The molecule has 0 aliphatic heterocycles. The maximum Gasteiger partial charge on any atom is 0.137 e. The van der Waals surface area contributed by atoms with E-state index in [4.69, 9.17) is 16.3 Å². The Morgan fingerprint density at radius 1 is 1.31 bits per heavy atom. The Balaban J connectivity index is 2.41. The van der Waals surface area contributed by atoms with Crippen LogP contribution in [0.15, 0.2) is 24.3 Å². The largest absolute Gasteiger partial charge is 0.492 e. The Kier molecular flexibility index (Phi) is 4.10. The van der Waals surface area contributed by atoms with Gasteiger partial charge in [0.1, 0.15) is 5.75 Å². The first-order valence-corrected chi connectivity index (χ1v) is 4.95. The van der Waals surface area contributed by atoms with Crippen LogP contribution in [0.4, 0.5) is 0 Å². The van der Waals surface area contributed by atoms with Crippen LogP contribution >= 0.6 is 11.6 Å². The monoisotopic (exact) mass is 198 g/mol. The number of hydrogen-bond acceptors (Lipinski definition) is 1. The van der Waals surface area contributed by atoms with Gasteiger partial charge < -0.3 is 4.74 Å². The number of halogens is 1. The Labute approximate surface area is 84.7 Å². The lowest BCUT2D eigenvalue weighted by Crippen LogP contribution is -2.01. The van der Waals surface area contributed by atoms with Gasteiger partial charge in [0.15, 0.2) is 0 Å². The lowest BCUT2D eigenvalue weighted by molar-refractivity contribution is 0.289. The average Bonchev–Trinajstić information content (AvgIpc) is 2.08. The van der Waals surface area contributed by atoms with Crippen molar-refractivity contribution in [1.82, 2.24) is 0 Å². The van der Waals surface area contributed by atoms with Crippen LogP contribution in [-0.4, -0.2) is 6.61 Å². The normalized spacial score (nSPS) is 10.5. The van der Waals surface area contributed by atoms with Gasteiger partial charge in [0.25, 0.3) is 0 Å². The summed E-state index contributed by atoms with van der Waals surface area (Å²) >= 11 is 5.91. The van der Waals surface area contributed by atoms with E-state index in [-0.39, 0.29) is 0 Å². The van der Waals surface area contributed by atoms with E-state index in [0.717, 1.165) is 18.8 Å². The highest BCUT2D eigenvalue weighted by atomic mass is 35.5. The van der Waals surface area contributed by atoms with Crippen molar-refractivity contribution in [2.24, 2.45) is 5.92 Å². The summed E-state index contributed by atoms with van der Waals surface area (Å²) in [6, 6.07) is 7.56. The highest BCUT2D eigenvalue weighted by molar-refractivity contribution is 6.32. The van der Waals surface area contributed by atoms with Crippen molar-refractivity contribution in [2.45, 2.75) is 20.3 Å². The van der Waals surface area contributed by atoms with E-state index in [2.05, 4.69) is 13.8 Å². The van der Waals surface area contributed by atoms with Crippen LogP contribution in [0.3, 0.4) is 0 Å². The minimum atomic E-state index is 0.669. The van der Waals surface area contributed by atoms with E-state index in [1.807, 2.05) is 24.3 Å². The van der Waals surface area contributed by atoms with Gasteiger partial charge >= 0.3 is 0 Å². The lowest BCUT2D eigenvalue weighted by Gasteiger charge is -2.08. The Bertz CT molecular complexity index is 258. The van der Waals surface area contributed by atoms with Crippen LogP contribution < -0.4 is 4.74 Å². The highest BCUT2D eigenvalue weighted by Crippen LogP contribution is 2.23. The Morgan fingerprint density at radius 3 is 2.62 bits per heavy atom. The lowest BCUT2D eigenvalue weighted by atomic mass is 10.1. The van der Waals surface area contributed by atoms with Crippen molar-refractivity contribution in [1.29, 1.82) is 0 Å². The van der Waals surface area contributed by atoms with Gasteiger partial charge in [-0.1, -0.05) is 37.6 Å². The smallest absolute Gasteiger partial charge is 0.137 e. The van der Waals surface area contributed by atoms with Gasteiger partial charge in [-0.2, -0.15) is 0 Å².